The van der Waals surface area contributed by atoms with Gasteiger partial charge >= 0.3 is 12.4 Å². The summed E-state index contributed by atoms with van der Waals surface area (Å²) in [6, 6.07) is -0.725. The first kappa shape index (κ1) is 18.5. The molecule has 0 heterocycles. The van der Waals surface area contributed by atoms with E-state index < -0.39 is 31.1 Å². The first-order valence-electron chi connectivity index (χ1n) is 5.60. The summed E-state index contributed by atoms with van der Waals surface area (Å²) in [4.78, 5) is 0. The van der Waals surface area contributed by atoms with Crippen LogP contribution in [0.15, 0.2) is 0 Å². The van der Waals surface area contributed by atoms with E-state index in [1.54, 1.807) is 0 Å². The zero-order valence-corrected chi connectivity index (χ0v) is 10.6. The molecule has 0 aliphatic rings. The van der Waals surface area contributed by atoms with E-state index in [-0.39, 0.29) is 6.61 Å². The van der Waals surface area contributed by atoms with Crippen LogP contribution in [-0.4, -0.2) is 51.4 Å². The molecule has 9 heteroatoms. The van der Waals surface area contributed by atoms with E-state index in [4.69, 9.17) is 4.74 Å². The number of hydrogen-bond donors (Lipinski definition) is 1. The fourth-order valence-electron chi connectivity index (χ4n) is 1.30. The lowest BCUT2D eigenvalue weighted by atomic mass is 10.3. The molecular weight excluding hydrogens is 280 g/mol. The fourth-order valence-corrected chi connectivity index (χ4v) is 1.30. The average Bonchev–Trinajstić information content (AvgIpc) is 2.22. The molecule has 0 saturated heterocycles. The molecule has 0 rings (SSSR count). The Bertz CT molecular complexity index is 229. The van der Waals surface area contributed by atoms with Crippen LogP contribution in [0.2, 0.25) is 0 Å². The monoisotopic (exact) mass is 297 g/mol. The van der Waals surface area contributed by atoms with Gasteiger partial charge in [0.2, 0.25) is 6.10 Å². The topological polar surface area (TPSA) is 30.5 Å². The van der Waals surface area contributed by atoms with Crippen molar-refractivity contribution < 1.29 is 35.8 Å². The predicted molar refractivity (Wildman–Crippen MR) is 55.8 cm³/mol. The van der Waals surface area contributed by atoms with E-state index in [2.05, 4.69) is 10.1 Å². The maximum Gasteiger partial charge on any atom is 0.423 e. The first-order chi connectivity index (χ1) is 8.62. The van der Waals surface area contributed by atoms with Crippen molar-refractivity contribution in [3.05, 3.63) is 0 Å². The van der Waals surface area contributed by atoms with Gasteiger partial charge in [-0.05, 0) is 13.0 Å². The summed E-state index contributed by atoms with van der Waals surface area (Å²) >= 11 is 0. The van der Waals surface area contributed by atoms with E-state index >= 15 is 0 Å². The van der Waals surface area contributed by atoms with E-state index in [0.29, 0.717) is 13.0 Å². The van der Waals surface area contributed by atoms with E-state index in [0.717, 1.165) is 0 Å². The third kappa shape index (κ3) is 7.58. The van der Waals surface area contributed by atoms with Gasteiger partial charge in [-0.1, -0.05) is 6.92 Å². The number of rotatable bonds is 8. The van der Waals surface area contributed by atoms with Crippen LogP contribution >= 0.6 is 0 Å². The van der Waals surface area contributed by atoms with Crippen LogP contribution in [0.1, 0.15) is 13.3 Å². The van der Waals surface area contributed by atoms with Crippen LogP contribution in [0.4, 0.5) is 26.3 Å². The van der Waals surface area contributed by atoms with E-state index in [1.165, 1.54) is 7.11 Å². The van der Waals surface area contributed by atoms with Gasteiger partial charge in [-0.2, -0.15) is 26.3 Å². The summed E-state index contributed by atoms with van der Waals surface area (Å²) in [6.45, 7) is 1.48. The van der Waals surface area contributed by atoms with E-state index in [1.807, 2.05) is 6.92 Å². The highest BCUT2D eigenvalue weighted by molar-refractivity contribution is 4.77. The average molecular weight is 297 g/mol. The van der Waals surface area contributed by atoms with Gasteiger partial charge in [0.25, 0.3) is 0 Å². The van der Waals surface area contributed by atoms with Crippen molar-refractivity contribution in [2.24, 2.45) is 0 Å². The molecule has 0 radical (unpaired) electrons. The maximum absolute atomic E-state index is 12.2. The minimum atomic E-state index is -5.49. The Morgan fingerprint density at radius 1 is 1.00 bits per heavy atom. The first-order valence-corrected chi connectivity index (χ1v) is 5.60. The summed E-state index contributed by atoms with van der Waals surface area (Å²) in [5.41, 5.74) is 0. The molecule has 1 atom stereocenters. The van der Waals surface area contributed by atoms with Crippen LogP contribution in [0.5, 0.6) is 0 Å². The molecule has 0 aromatic rings. The lowest BCUT2D eigenvalue weighted by Gasteiger charge is -2.26. The lowest BCUT2D eigenvalue weighted by Crippen LogP contribution is -2.47. The molecule has 0 bridgehead atoms. The zero-order valence-electron chi connectivity index (χ0n) is 10.6. The fraction of sp³-hybridized carbons (Fsp3) is 1.00. The number of methoxy groups -OCH3 is 1. The summed E-state index contributed by atoms with van der Waals surface area (Å²) in [6.07, 6.45) is -14.1. The third-order valence-corrected chi connectivity index (χ3v) is 2.11. The quantitative estimate of drug-likeness (QED) is 0.698. The van der Waals surface area contributed by atoms with Gasteiger partial charge in [0.05, 0.1) is 19.3 Å². The van der Waals surface area contributed by atoms with Crippen molar-refractivity contribution in [2.45, 2.75) is 37.8 Å². The minimum absolute atomic E-state index is 0.0393. The van der Waals surface area contributed by atoms with E-state index in [9.17, 15) is 26.3 Å². The molecule has 0 aromatic heterocycles. The highest BCUT2D eigenvalue weighted by Gasteiger charge is 2.58. The number of ether oxygens (including phenoxy) is 2. The van der Waals surface area contributed by atoms with Crippen LogP contribution in [0.3, 0.4) is 0 Å². The summed E-state index contributed by atoms with van der Waals surface area (Å²) < 4.78 is 81.9. The van der Waals surface area contributed by atoms with Gasteiger partial charge in [0.1, 0.15) is 0 Å². The summed E-state index contributed by atoms with van der Waals surface area (Å²) in [5.74, 6) is 0. The predicted octanol–water partition coefficient (Wildman–Crippen LogP) is 2.51. The van der Waals surface area contributed by atoms with Crippen molar-refractivity contribution in [3.63, 3.8) is 0 Å². The standard InChI is InChI=1S/C10H17F6NO2/c1-3-4-17-7(5-18-2)6-19-8(9(11,12)13)10(14,15)16/h7-8,17H,3-6H2,1-2H3. The number of halogens is 6. The Hall–Kier alpha value is -0.540. The third-order valence-electron chi connectivity index (χ3n) is 2.11. The molecule has 0 fully saturated rings. The largest absolute Gasteiger partial charge is 0.423 e. The summed E-state index contributed by atoms with van der Waals surface area (Å²) in [5, 5.41) is 2.74. The normalized spacial score (nSPS) is 15.0. The Kier molecular flexibility index (Phi) is 7.68. The van der Waals surface area contributed by atoms with Crippen molar-refractivity contribution in [1.29, 1.82) is 0 Å². The Labute approximate surface area is 107 Å². The molecule has 0 saturated carbocycles. The summed E-state index contributed by atoms with van der Waals surface area (Å²) in [7, 11) is 1.30. The second kappa shape index (κ2) is 7.91. The Morgan fingerprint density at radius 3 is 1.89 bits per heavy atom. The van der Waals surface area contributed by atoms with Crippen molar-refractivity contribution >= 4 is 0 Å². The molecule has 1 unspecified atom stereocenters. The van der Waals surface area contributed by atoms with Gasteiger partial charge in [-0.15, -0.1) is 0 Å². The van der Waals surface area contributed by atoms with Crippen LogP contribution in [-0.2, 0) is 9.47 Å². The van der Waals surface area contributed by atoms with Gasteiger partial charge in [0.15, 0.2) is 0 Å². The SMILES string of the molecule is CCCNC(COC)COC(C(F)(F)F)C(F)(F)F. The van der Waals surface area contributed by atoms with Gasteiger partial charge in [-0.3, -0.25) is 0 Å². The van der Waals surface area contributed by atoms with Crippen LogP contribution < -0.4 is 5.32 Å². The van der Waals surface area contributed by atoms with Crippen molar-refractivity contribution in [1.82, 2.24) is 5.32 Å². The number of hydrogen-bond acceptors (Lipinski definition) is 3. The van der Waals surface area contributed by atoms with Crippen LogP contribution in [0, 0.1) is 0 Å². The molecule has 0 aromatic carbocycles. The second-order valence-corrected chi connectivity index (χ2v) is 3.90. The molecule has 1 N–H and O–H groups in total. The van der Waals surface area contributed by atoms with Gasteiger partial charge < -0.3 is 14.8 Å². The smallest absolute Gasteiger partial charge is 0.383 e. The van der Waals surface area contributed by atoms with Crippen molar-refractivity contribution in [3.8, 4) is 0 Å². The maximum atomic E-state index is 12.2. The molecular formula is C10H17F6NO2. The highest BCUT2D eigenvalue weighted by atomic mass is 19.4. The minimum Gasteiger partial charge on any atom is -0.383 e. The Balaban J connectivity index is 4.50. The highest BCUT2D eigenvalue weighted by Crippen LogP contribution is 2.35. The molecule has 0 spiro atoms. The molecule has 0 amide bonds. The lowest BCUT2D eigenvalue weighted by molar-refractivity contribution is -0.322. The Morgan fingerprint density at radius 2 is 1.53 bits per heavy atom. The van der Waals surface area contributed by atoms with Crippen molar-refractivity contribution in [2.75, 3.05) is 26.9 Å². The van der Waals surface area contributed by atoms with Gasteiger partial charge in [0, 0.05) is 7.11 Å². The molecule has 19 heavy (non-hydrogen) atoms. The number of nitrogens with one attached hydrogen (secondary N) is 1. The van der Waals surface area contributed by atoms with Gasteiger partial charge in [-0.25, -0.2) is 0 Å². The van der Waals surface area contributed by atoms with Crippen LogP contribution in [0.25, 0.3) is 0 Å². The molecule has 3 nitrogen and oxygen atoms in total. The molecule has 0 aliphatic heterocycles. The molecule has 116 valence electrons. The zero-order chi connectivity index (χ0) is 15.1. The molecule has 0 aliphatic carbocycles. The number of alkyl halides is 6. The second-order valence-electron chi connectivity index (χ2n) is 3.90.